The molecule has 0 aliphatic rings. The van der Waals surface area contributed by atoms with E-state index in [0.29, 0.717) is 6.54 Å². The lowest BCUT2D eigenvalue weighted by molar-refractivity contribution is 0.104. The van der Waals surface area contributed by atoms with Gasteiger partial charge < -0.3 is 24.6 Å². The van der Waals surface area contributed by atoms with Gasteiger partial charge in [0.25, 0.3) is 0 Å². The maximum Gasteiger partial charge on any atom is 0.160 e. The van der Waals surface area contributed by atoms with E-state index < -0.39 is 6.10 Å². The van der Waals surface area contributed by atoms with E-state index in [1.807, 2.05) is 48.5 Å². The van der Waals surface area contributed by atoms with Gasteiger partial charge in [-0.1, -0.05) is 24.3 Å². The lowest BCUT2D eigenvalue weighted by Crippen LogP contribution is -2.37. The van der Waals surface area contributed by atoms with Crippen LogP contribution in [0.1, 0.15) is 12.5 Å². The summed E-state index contributed by atoms with van der Waals surface area (Å²) in [6, 6.07) is 15.6. The van der Waals surface area contributed by atoms with Crippen LogP contribution in [0.2, 0.25) is 0 Å². The summed E-state index contributed by atoms with van der Waals surface area (Å²) >= 11 is 0. The van der Waals surface area contributed by atoms with Gasteiger partial charge in [0.15, 0.2) is 11.5 Å². The van der Waals surface area contributed by atoms with E-state index in [1.165, 1.54) is 0 Å². The minimum atomic E-state index is -0.562. The number of rotatable bonds is 10. The van der Waals surface area contributed by atoms with Crippen molar-refractivity contribution in [2.24, 2.45) is 0 Å². The highest BCUT2D eigenvalue weighted by Crippen LogP contribution is 2.27. The lowest BCUT2D eigenvalue weighted by Gasteiger charge is -2.18. The summed E-state index contributed by atoms with van der Waals surface area (Å²) in [5.74, 6) is 2.21. The molecule has 2 atom stereocenters. The van der Waals surface area contributed by atoms with Gasteiger partial charge in [0.05, 0.1) is 14.2 Å². The van der Waals surface area contributed by atoms with Gasteiger partial charge in [-0.3, -0.25) is 0 Å². The van der Waals surface area contributed by atoms with Crippen LogP contribution in [0.25, 0.3) is 0 Å². The van der Waals surface area contributed by atoms with E-state index in [9.17, 15) is 5.11 Å². The third kappa shape index (κ3) is 6.29. The van der Waals surface area contributed by atoms with Crippen LogP contribution in [0.4, 0.5) is 0 Å². The van der Waals surface area contributed by atoms with Crippen molar-refractivity contribution in [2.75, 3.05) is 27.4 Å². The summed E-state index contributed by atoms with van der Waals surface area (Å²) in [6.07, 6.45) is 0.264. The molecule has 0 aliphatic heterocycles. The van der Waals surface area contributed by atoms with E-state index >= 15 is 0 Å². The normalized spacial score (nSPS) is 13.1. The molecule has 25 heavy (non-hydrogen) atoms. The summed E-state index contributed by atoms with van der Waals surface area (Å²) in [7, 11) is 3.26. The van der Waals surface area contributed by atoms with Crippen LogP contribution in [0.5, 0.6) is 17.2 Å². The fourth-order valence-electron chi connectivity index (χ4n) is 2.54. The van der Waals surface area contributed by atoms with Gasteiger partial charge in [-0.05, 0) is 43.2 Å². The fraction of sp³-hybridized carbons (Fsp3) is 0.400. The van der Waals surface area contributed by atoms with Crippen LogP contribution >= 0.6 is 0 Å². The molecule has 0 heterocycles. The number of para-hydroxylation sites is 1. The molecule has 2 N–H and O–H groups in total. The van der Waals surface area contributed by atoms with Crippen molar-refractivity contribution < 1.29 is 19.3 Å². The van der Waals surface area contributed by atoms with Gasteiger partial charge in [-0.25, -0.2) is 0 Å². The van der Waals surface area contributed by atoms with Crippen LogP contribution < -0.4 is 19.5 Å². The lowest BCUT2D eigenvalue weighted by atomic mass is 10.1. The Morgan fingerprint density at radius 2 is 1.72 bits per heavy atom. The Labute approximate surface area is 149 Å². The van der Waals surface area contributed by atoms with Gasteiger partial charge in [-0.15, -0.1) is 0 Å². The Kier molecular flexibility index (Phi) is 7.57. The second kappa shape index (κ2) is 9.91. The van der Waals surface area contributed by atoms with Crippen LogP contribution in [-0.4, -0.2) is 44.6 Å². The molecule has 0 aromatic heterocycles. The number of nitrogens with one attached hydrogen (secondary N) is 1. The number of aliphatic hydroxyl groups is 1. The quantitative estimate of drug-likeness (QED) is 0.693. The van der Waals surface area contributed by atoms with Crippen molar-refractivity contribution >= 4 is 0 Å². The molecule has 0 bridgehead atoms. The molecule has 136 valence electrons. The van der Waals surface area contributed by atoms with Crippen molar-refractivity contribution in [2.45, 2.75) is 25.5 Å². The smallest absolute Gasteiger partial charge is 0.160 e. The average molecular weight is 345 g/mol. The van der Waals surface area contributed by atoms with E-state index in [0.717, 1.165) is 29.2 Å². The predicted molar refractivity (Wildman–Crippen MR) is 98.7 cm³/mol. The molecule has 2 unspecified atom stereocenters. The van der Waals surface area contributed by atoms with E-state index in [4.69, 9.17) is 14.2 Å². The molecule has 5 heteroatoms. The molecule has 0 saturated carbocycles. The van der Waals surface area contributed by atoms with Crippen LogP contribution in [0.3, 0.4) is 0 Å². The zero-order valence-corrected chi connectivity index (χ0v) is 15.1. The summed E-state index contributed by atoms with van der Waals surface area (Å²) in [5, 5.41) is 13.4. The zero-order chi connectivity index (χ0) is 18.1. The second-order valence-corrected chi connectivity index (χ2v) is 5.98. The number of ether oxygens (including phenoxy) is 3. The Morgan fingerprint density at radius 3 is 2.40 bits per heavy atom. The number of benzene rings is 2. The first-order valence-electron chi connectivity index (χ1n) is 8.42. The maximum atomic E-state index is 10.1. The minimum Gasteiger partial charge on any atom is -0.493 e. The zero-order valence-electron chi connectivity index (χ0n) is 15.1. The van der Waals surface area contributed by atoms with Gasteiger partial charge in [-0.2, -0.15) is 0 Å². The van der Waals surface area contributed by atoms with Crippen LogP contribution in [0, 0.1) is 0 Å². The highest BCUT2D eigenvalue weighted by molar-refractivity contribution is 5.43. The number of hydrogen-bond donors (Lipinski definition) is 2. The van der Waals surface area contributed by atoms with E-state index in [2.05, 4.69) is 12.2 Å². The SMILES string of the molecule is COc1ccc(CC(C)NCC(O)COc2ccccc2)cc1OC. The molecule has 5 nitrogen and oxygen atoms in total. The third-order valence-corrected chi connectivity index (χ3v) is 3.88. The van der Waals surface area contributed by atoms with Crippen molar-refractivity contribution in [3.8, 4) is 17.2 Å². The van der Waals surface area contributed by atoms with E-state index in [-0.39, 0.29) is 12.6 Å². The average Bonchev–Trinajstić information content (AvgIpc) is 2.65. The number of aliphatic hydroxyl groups excluding tert-OH is 1. The van der Waals surface area contributed by atoms with Gasteiger partial charge in [0, 0.05) is 12.6 Å². The highest BCUT2D eigenvalue weighted by atomic mass is 16.5. The fourth-order valence-corrected chi connectivity index (χ4v) is 2.54. The van der Waals surface area contributed by atoms with Gasteiger partial charge in [0.2, 0.25) is 0 Å². The topological polar surface area (TPSA) is 60.0 Å². The van der Waals surface area contributed by atoms with Crippen LogP contribution in [0.15, 0.2) is 48.5 Å². The first-order chi connectivity index (χ1) is 12.1. The minimum absolute atomic E-state index is 0.212. The highest BCUT2D eigenvalue weighted by Gasteiger charge is 2.10. The van der Waals surface area contributed by atoms with Gasteiger partial charge in [0.1, 0.15) is 18.5 Å². The number of hydrogen-bond acceptors (Lipinski definition) is 5. The Hall–Kier alpha value is -2.24. The first kappa shape index (κ1) is 19.1. The van der Waals surface area contributed by atoms with Crippen LogP contribution in [-0.2, 0) is 6.42 Å². The largest absolute Gasteiger partial charge is 0.493 e. The molecule has 2 aromatic rings. The molecule has 0 spiro atoms. The molecule has 0 saturated heterocycles. The molecular weight excluding hydrogens is 318 g/mol. The Balaban J connectivity index is 1.75. The summed E-state index contributed by atoms with van der Waals surface area (Å²) in [4.78, 5) is 0. The predicted octanol–water partition coefficient (Wildman–Crippen LogP) is 2.66. The standard InChI is InChI=1S/C20H27NO4/c1-15(11-16-9-10-19(23-2)20(12-16)24-3)21-13-17(22)14-25-18-7-5-4-6-8-18/h4-10,12,15,17,21-22H,11,13-14H2,1-3H3. The Morgan fingerprint density at radius 1 is 1.00 bits per heavy atom. The summed E-state index contributed by atoms with van der Waals surface area (Å²) < 4.78 is 16.1. The molecule has 0 fully saturated rings. The monoisotopic (exact) mass is 345 g/mol. The number of methoxy groups -OCH3 is 2. The molecule has 2 rings (SSSR count). The summed E-state index contributed by atoms with van der Waals surface area (Å²) in [6.45, 7) is 2.82. The molecular formula is C20H27NO4. The van der Waals surface area contributed by atoms with E-state index in [1.54, 1.807) is 14.2 Å². The Bertz CT molecular complexity index is 633. The molecule has 0 aliphatic carbocycles. The maximum absolute atomic E-state index is 10.1. The van der Waals surface area contributed by atoms with Crippen molar-refractivity contribution in [3.63, 3.8) is 0 Å². The van der Waals surface area contributed by atoms with Crippen molar-refractivity contribution in [1.82, 2.24) is 5.32 Å². The molecule has 0 amide bonds. The summed E-state index contributed by atoms with van der Waals surface area (Å²) in [5.41, 5.74) is 1.15. The molecule has 2 aromatic carbocycles. The van der Waals surface area contributed by atoms with Gasteiger partial charge >= 0.3 is 0 Å². The third-order valence-electron chi connectivity index (χ3n) is 3.88. The van der Waals surface area contributed by atoms with Crippen molar-refractivity contribution in [1.29, 1.82) is 0 Å². The van der Waals surface area contributed by atoms with Crippen molar-refractivity contribution in [3.05, 3.63) is 54.1 Å². The second-order valence-electron chi connectivity index (χ2n) is 5.98. The first-order valence-corrected chi connectivity index (χ1v) is 8.42. The molecule has 0 radical (unpaired) electrons.